The van der Waals surface area contributed by atoms with Gasteiger partial charge in [0.2, 0.25) is 0 Å². The van der Waals surface area contributed by atoms with Crippen molar-refractivity contribution in [2.45, 2.75) is 6.18 Å². The normalized spacial score (nSPS) is 11.7. The van der Waals surface area contributed by atoms with Crippen molar-refractivity contribution in [2.24, 2.45) is 0 Å². The Labute approximate surface area is 97.6 Å². The maximum Gasteiger partial charge on any atom is 0.405 e. The third kappa shape index (κ3) is 2.67. The summed E-state index contributed by atoms with van der Waals surface area (Å²) in [5, 5.41) is 12.4. The van der Waals surface area contributed by atoms with Gasteiger partial charge in [0.15, 0.2) is 5.58 Å². The number of nitrogens with zero attached hydrogens (tertiary/aromatic N) is 2. The third-order valence-electron chi connectivity index (χ3n) is 2.02. The number of aromatic nitrogens is 1. The molecule has 0 aliphatic rings. The summed E-state index contributed by atoms with van der Waals surface area (Å²) in [7, 11) is 0. The summed E-state index contributed by atoms with van der Waals surface area (Å²) in [4.78, 5) is 13.6. The maximum absolute atomic E-state index is 11.9. The Morgan fingerprint density at radius 2 is 2.17 bits per heavy atom. The van der Waals surface area contributed by atoms with Crippen molar-refractivity contribution in [1.29, 1.82) is 0 Å². The largest absolute Gasteiger partial charge is 0.423 e. The summed E-state index contributed by atoms with van der Waals surface area (Å²) in [6.07, 6.45) is -4.40. The summed E-state index contributed by atoms with van der Waals surface area (Å²) < 4.78 is 40.8. The molecule has 0 unspecified atom stereocenters. The minimum Gasteiger partial charge on any atom is -0.423 e. The van der Waals surface area contributed by atoms with Gasteiger partial charge in [-0.15, -0.1) is 0 Å². The molecule has 0 radical (unpaired) electrons. The highest BCUT2D eigenvalue weighted by atomic mass is 19.4. The maximum atomic E-state index is 11.9. The number of rotatable bonds is 3. The highest BCUT2D eigenvalue weighted by molar-refractivity contribution is 5.77. The average molecular weight is 261 g/mol. The number of alkyl halides is 3. The highest BCUT2D eigenvalue weighted by Crippen LogP contribution is 2.24. The monoisotopic (exact) mass is 261 g/mol. The molecule has 0 aliphatic carbocycles. The molecule has 1 N–H and O–H groups in total. The predicted octanol–water partition coefficient (Wildman–Crippen LogP) is 2.71. The topological polar surface area (TPSA) is 81.2 Å². The lowest BCUT2D eigenvalue weighted by Crippen LogP contribution is -2.21. The quantitative estimate of drug-likeness (QED) is 0.678. The molecule has 0 bridgehead atoms. The van der Waals surface area contributed by atoms with Crippen molar-refractivity contribution in [1.82, 2.24) is 4.98 Å². The number of hydrogen-bond donors (Lipinski definition) is 1. The fourth-order valence-corrected chi connectivity index (χ4v) is 1.28. The molecule has 2 rings (SSSR count). The van der Waals surface area contributed by atoms with Gasteiger partial charge in [-0.05, 0) is 6.07 Å². The molecule has 1 heterocycles. The van der Waals surface area contributed by atoms with Gasteiger partial charge in [0.05, 0.1) is 11.0 Å². The first kappa shape index (κ1) is 12.1. The molecule has 96 valence electrons. The van der Waals surface area contributed by atoms with E-state index >= 15 is 0 Å². The van der Waals surface area contributed by atoms with Crippen LogP contribution in [-0.4, -0.2) is 22.6 Å². The highest BCUT2D eigenvalue weighted by Gasteiger charge is 2.27. The van der Waals surface area contributed by atoms with Crippen LogP contribution in [0, 0.1) is 10.1 Å². The zero-order valence-electron chi connectivity index (χ0n) is 8.69. The summed E-state index contributed by atoms with van der Waals surface area (Å²) in [5.74, 6) is 0. The van der Waals surface area contributed by atoms with E-state index in [2.05, 4.69) is 4.98 Å². The molecular weight excluding hydrogens is 255 g/mol. The van der Waals surface area contributed by atoms with Crippen LogP contribution in [0.4, 0.5) is 24.9 Å². The van der Waals surface area contributed by atoms with E-state index in [1.165, 1.54) is 12.1 Å². The van der Waals surface area contributed by atoms with Crippen molar-refractivity contribution >= 4 is 22.8 Å². The van der Waals surface area contributed by atoms with E-state index in [1.54, 1.807) is 0 Å². The first-order valence-corrected chi connectivity index (χ1v) is 4.71. The smallest absolute Gasteiger partial charge is 0.405 e. The van der Waals surface area contributed by atoms with Crippen LogP contribution in [0.3, 0.4) is 0 Å². The number of nitro benzene ring substituents is 1. The van der Waals surface area contributed by atoms with Gasteiger partial charge in [0.25, 0.3) is 11.7 Å². The fourth-order valence-electron chi connectivity index (χ4n) is 1.28. The summed E-state index contributed by atoms with van der Waals surface area (Å²) in [6.45, 7) is -1.29. The minimum absolute atomic E-state index is 0.0499. The molecule has 2 aromatic rings. The molecule has 1 aromatic heterocycles. The Morgan fingerprint density at radius 3 is 2.78 bits per heavy atom. The molecule has 0 aliphatic heterocycles. The number of benzene rings is 1. The van der Waals surface area contributed by atoms with Gasteiger partial charge in [-0.1, -0.05) is 0 Å². The van der Waals surface area contributed by atoms with Crippen LogP contribution < -0.4 is 5.32 Å². The number of fused-ring (bicyclic) bond motifs is 1. The average Bonchev–Trinajstić information content (AvgIpc) is 2.66. The van der Waals surface area contributed by atoms with Crippen LogP contribution in [0.25, 0.3) is 11.1 Å². The molecule has 0 atom stereocenters. The Morgan fingerprint density at radius 1 is 1.44 bits per heavy atom. The van der Waals surface area contributed by atoms with Gasteiger partial charge < -0.3 is 9.73 Å². The van der Waals surface area contributed by atoms with Crippen LogP contribution in [0.5, 0.6) is 0 Å². The zero-order valence-corrected chi connectivity index (χ0v) is 8.69. The van der Waals surface area contributed by atoms with E-state index in [1.807, 2.05) is 5.32 Å². The van der Waals surface area contributed by atoms with Gasteiger partial charge >= 0.3 is 6.18 Å². The second-order valence-corrected chi connectivity index (χ2v) is 3.40. The van der Waals surface area contributed by atoms with E-state index in [0.717, 1.165) is 6.07 Å². The van der Waals surface area contributed by atoms with Crippen LogP contribution in [0.15, 0.2) is 22.6 Å². The number of nitrogens with one attached hydrogen (secondary N) is 1. The minimum atomic E-state index is -4.40. The predicted molar refractivity (Wildman–Crippen MR) is 55.2 cm³/mol. The fraction of sp³-hybridized carbons (Fsp3) is 0.222. The molecule has 18 heavy (non-hydrogen) atoms. The molecule has 6 nitrogen and oxygen atoms in total. The second kappa shape index (κ2) is 4.17. The summed E-state index contributed by atoms with van der Waals surface area (Å²) in [6, 6.07) is 3.26. The molecule has 0 fully saturated rings. The number of oxazole rings is 1. The van der Waals surface area contributed by atoms with Crippen LogP contribution in [-0.2, 0) is 0 Å². The standard InChI is InChI=1S/C9H6F3N3O3/c10-9(11,12)4-13-8-14-6-2-1-5(15(16)17)3-7(6)18-8/h1-3H,4H2,(H,13,14). The molecule has 0 amide bonds. The Bertz CT molecular complexity index is 593. The Hall–Kier alpha value is -2.32. The zero-order chi connectivity index (χ0) is 13.3. The van der Waals surface area contributed by atoms with Crippen molar-refractivity contribution in [3.63, 3.8) is 0 Å². The molecular formula is C9H6F3N3O3. The Balaban J connectivity index is 2.24. The van der Waals surface area contributed by atoms with E-state index in [-0.39, 0.29) is 22.8 Å². The molecule has 9 heteroatoms. The lowest BCUT2D eigenvalue weighted by molar-refractivity contribution is -0.384. The van der Waals surface area contributed by atoms with Crippen molar-refractivity contribution < 1.29 is 22.5 Å². The number of non-ortho nitro benzene ring substituents is 1. The van der Waals surface area contributed by atoms with Crippen molar-refractivity contribution in [3.05, 3.63) is 28.3 Å². The second-order valence-electron chi connectivity index (χ2n) is 3.40. The molecule has 0 saturated heterocycles. The number of nitro groups is 1. The van der Waals surface area contributed by atoms with Crippen LogP contribution >= 0.6 is 0 Å². The van der Waals surface area contributed by atoms with Crippen molar-refractivity contribution in [2.75, 3.05) is 11.9 Å². The SMILES string of the molecule is O=[N+]([O-])c1ccc2nc(NCC(F)(F)F)oc2c1. The number of halogens is 3. The lowest BCUT2D eigenvalue weighted by Gasteiger charge is -2.04. The summed E-state index contributed by atoms with van der Waals surface area (Å²) in [5.41, 5.74) is 0.0696. The first-order chi connectivity index (χ1) is 8.35. The summed E-state index contributed by atoms with van der Waals surface area (Å²) >= 11 is 0. The van der Waals surface area contributed by atoms with E-state index in [0.29, 0.717) is 0 Å². The number of anilines is 1. The van der Waals surface area contributed by atoms with E-state index < -0.39 is 17.6 Å². The molecule has 0 spiro atoms. The number of hydrogen-bond acceptors (Lipinski definition) is 5. The van der Waals surface area contributed by atoms with Gasteiger partial charge in [-0.25, -0.2) is 0 Å². The van der Waals surface area contributed by atoms with Gasteiger partial charge in [-0.3, -0.25) is 10.1 Å². The third-order valence-corrected chi connectivity index (χ3v) is 2.02. The van der Waals surface area contributed by atoms with E-state index in [9.17, 15) is 23.3 Å². The van der Waals surface area contributed by atoms with Crippen molar-refractivity contribution in [3.8, 4) is 0 Å². The molecule has 0 saturated carbocycles. The van der Waals surface area contributed by atoms with E-state index in [4.69, 9.17) is 4.42 Å². The first-order valence-electron chi connectivity index (χ1n) is 4.71. The van der Waals surface area contributed by atoms with Gasteiger partial charge in [0, 0.05) is 6.07 Å². The van der Waals surface area contributed by atoms with Crippen LogP contribution in [0.1, 0.15) is 0 Å². The lowest BCUT2D eigenvalue weighted by atomic mass is 10.3. The Kier molecular flexibility index (Phi) is 2.81. The van der Waals surface area contributed by atoms with Gasteiger partial charge in [-0.2, -0.15) is 18.2 Å². The van der Waals surface area contributed by atoms with Crippen LogP contribution in [0.2, 0.25) is 0 Å². The van der Waals surface area contributed by atoms with Gasteiger partial charge in [0.1, 0.15) is 12.1 Å². The molecule has 1 aromatic carbocycles.